The number of benzene rings is 1. The molecule has 1 saturated heterocycles. The second kappa shape index (κ2) is 13.2. The quantitative estimate of drug-likeness (QED) is 0.400. The first-order valence-electron chi connectivity index (χ1n) is 13.5. The number of amides is 3. The number of aromatic amines is 1. The van der Waals surface area contributed by atoms with Crippen LogP contribution >= 0.6 is 0 Å². The Morgan fingerprint density at radius 2 is 1.98 bits per heavy atom. The highest BCUT2D eigenvalue weighted by Crippen LogP contribution is 2.27. The van der Waals surface area contributed by atoms with E-state index in [0.29, 0.717) is 44.7 Å². The maximum atomic E-state index is 14.2. The van der Waals surface area contributed by atoms with Crippen molar-refractivity contribution in [2.75, 3.05) is 50.0 Å². The molecule has 3 N–H and O–H groups in total. The smallest absolute Gasteiger partial charge is 0.327 e. The van der Waals surface area contributed by atoms with Gasteiger partial charge in [0.1, 0.15) is 11.9 Å². The van der Waals surface area contributed by atoms with Crippen molar-refractivity contribution < 1.29 is 22.6 Å². The summed E-state index contributed by atoms with van der Waals surface area (Å²) in [5.74, 6) is -1.34. The summed E-state index contributed by atoms with van der Waals surface area (Å²) in [4.78, 5) is 45.1. The second-order valence-electron chi connectivity index (χ2n) is 10.0. The summed E-state index contributed by atoms with van der Waals surface area (Å²) in [6.45, 7) is 3.52. The summed E-state index contributed by atoms with van der Waals surface area (Å²) in [5, 5.41) is 5.97. The monoisotopic (exact) mass is 578 g/mol. The highest BCUT2D eigenvalue weighted by Gasteiger charge is 2.31. The molecule has 2 aliphatic rings. The van der Waals surface area contributed by atoms with Crippen LogP contribution in [0.1, 0.15) is 43.5 Å². The molecule has 2 atom stereocenters. The molecular formula is C27H36F2N6O4S. The van der Waals surface area contributed by atoms with Gasteiger partial charge in [0.15, 0.2) is 11.6 Å². The number of fused-ring (bicyclic) bond motifs is 1. The molecular weight excluding hydrogens is 542 g/mol. The molecule has 13 heteroatoms. The summed E-state index contributed by atoms with van der Waals surface area (Å²) in [5.41, 5.74) is 0.765. The summed E-state index contributed by atoms with van der Waals surface area (Å²) < 4.78 is 41.3. The minimum Gasteiger partial charge on any atom is -0.366 e. The molecule has 0 radical (unpaired) electrons. The lowest BCUT2D eigenvalue weighted by Gasteiger charge is -2.34. The topological polar surface area (TPSA) is 120 Å². The van der Waals surface area contributed by atoms with E-state index in [1.54, 1.807) is 16.4 Å². The van der Waals surface area contributed by atoms with Crippen molar-refractivity contribution in [3.63, 3.8) is 0 Å². The summed E-state index contributed by atoms with van der Waals surface area (Å²) in [6, 6.07) is 2.65. The molecule has 3 heterocycles. The molecule has 3 amide bonds. The highest BCUT2D eigenvalue weighted by molar-refractivity contribution is 7.84. The van der Waals surface area contributed by atoms with Crippen LogP contribution in [0.15, 0.2) is 29.1 Å². The zero-order valence-electron chi connectivity index (χ0n) is 22.8. The van der Waals surface area contributed by atoms with Gasteiger partial charge in [0.2, 0.25) is 5.91 Å². The van der Waals surface area contributed by atoms with E-state index in [1.165, 1.54) is 23.3 Å². The van der Waals surface area contributed by atoms with Crippen molar-refractivity contribution in [2.45, 2.75) is 44.7 Å². The van der Waals surface area contributed by atoms with Gasteiger partial charge in [-0.2, -0.15) is 0 Å². The molecule has 1 aromatic carbocycles. The molecule has 40 heavy (non-hydrogen) atoms. The lowest BCUT2D eigenvalue weighted by Crippen LogP contribution is -2.54. The van der Waals surface area contributed by atoms with Crippen molar-refractivity contribution >= 4 is 34.6 Å². The van der Waals surface area contributed by atoms with Gasteiger partial charge in [-0.3, -0.25) is 18.6 Å². The zero-order valence-corrected chi connectivity index (χ0v) is 23.6. The molecule has 1 unspecified atom stereocenters. The fraction of sp³-hybridized carbons (Fsp3) is 0.519. The van der Waals surface area contributed by atoms with Crippen LogP contribution < -0.4 is 16.3 Å². The minimum absolute atomic E-state index is 0.0571. The number of carbonyl (C=O) groups is 2. The third-order valence-electron chi connectivity index (χ3n) is 7.40. The van der Waals surface area contributed by atoms with Crippen LogP contribution in [0, 0.1) is 11.6 Å². The van der Waals surface area contributed by atoms with Crippen LogP contribution in [0.4, 0.5) is 19.4 Å². The van der Waals surface area contributed by atoms with Gasteiger partial charge in [0, 0.05) is 61.6 Å². The van der Waals surface area contributed by atoms with Crippen LogP contribution in [0.3, 0.4) is 0 Å². The van der Waals surface area contributed by atoms with Crippen LogP contribution in [0.2, 0.25) is 0 Å². The Bertz CT molecular complexity index is 1330. The van der Waals surface area contributed by atoms with E-state index >= 15 is 0 Å². The van der Waals surface area contributed by atoms with Gasteiger partial charge < -0.3 is 20.4 Å². The predicted octanol–water partition coefficient (Wildman–Crippen LogP) is 2.47. The van der Waals surface area contributed by atoms with Gasteiger partial charge in [-0.25, -0.2) is 18.4 Å². The number of likely N-dealkylation sites (tertiary alicyclic amines) is 1. The summed E-state index contributed by atoms with van der Waals surface area (Å²) in [7, 11) is -1.17. The maximum Gasteiger partial charge on any atom is 0.327 e. The molecule has 4 rings (SSSR count). The number of rotatable bonds is 10. The largest absolute Gasteiger partial charge is 0.366 e. The number of anilines is 1. The number of nitrogens with zero attached hydrogens (tertiary/aromatic N) is 3. The summed E-state index contributed by atoms with van der Waals surface area (Å²) >= 11 is 0. The normalized spacial score (nSPS) is 16.6. The molecule has 0 bridgehead atoms. The van der Waals surface area contributed by atoms with Crippen LogP contribution in [0.5, 0.6) is 0 Å². The van der Waals surface area contributed by atoms with E-state index in [9.17, 15) is 27.4 Å². The molecule has 218 valence electrons. The van der Waals surface area contributed by atoms with E-state index in [-0.39, 0.29) is 54.5 Å². The third kappa shape index (κ3) is 6.80. The van der Waals surface area contributed by atoms with E-state index < -0.39 is 28.5 Å². The Labute approximate surface area is 234 Å². The maximum absolute atomic E-state index is 14.2. The first kappa shape index (κ1) is 29.5. The van der Waals surface area contributed by atoms with E-state index in [0.717, 1.165) is 11.8 Å². The lowest BCUT2D eigenvalue weighted by atomic mass is 10.0. The van der Waals surface area contributed by atoms with Crippen molar-refractivity contribution in [3.8, 4) is 0 Å². The van der Waals surface area contributed by atoms with Crippen LogP contribution in [0.25, 0.3) is 6.08 Å². The van der Waals surface area contributed by atoms with Gasteiger partial charge in [0.05, 0.1) is 5.69 Å². The standard InChI is InChI=1S/C27H36F2N6O4S/c1-3-21(25(36)33(16-17-40(2)39)13-9-18-6-4-7-20(28)23(18)29)31-26(37)34-14-10-19(11-15-34)35-22-8-5-12-30-24(22)32-27(35)38/h4-8,19,21,30H,3,9-17H2,1-2H3,(H,31,37)(H,32,38)/t21-,40?/m1/s1. The van der Waals surface area contributed by atoms with Gasteiger partial charge in [-0.05, 0) is 43.4 Å². The molecule has 0 spiro atoms. The molecule has 2 aliphatic heterocycles. The van der Waals surface area contributed by atoms with Crippen molar-refractivity contribution in [2.24, 2.45) is 0 Å². The SMILES string of the molecule is CC[C@@H](NC(=O)N1CCC(n2c3c([nH]c2=O)NCC=C3)CC1)C(=O)N(CCc1cccc(F)c1F)CCS(C)=O. The van der Waals surface area contributed by atoms with Crippen molar-refractivity contribution in [1.29, 1.82) is 0 Å². The molecule has 1 aromatic heterocycles. The van der Waals surface area contributed by atoms with Gasteiger partial charge in [-0.1, -0.05) is 25.1 Å². The van der Waals surface area contributed by atoms with Gasteiger partial charge >= 0.3 is 11.7 Å². The van der Waals surface area contributed by atoms with Crippen molar-refractivity contribution in [1.82, 2.24) is 24.7 Å². The molecule has 1 fully saturated rings. The lowest BCUT2D eigenvalue weighted by molar-refractivity contribution is -0.133. The van der Waals surface area contributed by atoms with Crippen molar-refractivity contribution in [3.05, 3.63) is 57.7 Å². The van der Waals surface area contributed by atoms with Gasteiger partial charge in [0.25, 0.3) is 0 Å². The average molecular weight is 579 g/mol. The number of nitrogens with one attached hydrogen (secondary N) is 3. The Hall–Kier alpha value is -3.48. The van der Waals surface area contributed by atoms with Gasteiger partial charge in [-0.15, -0.1) is 0 Å². The first-order chi connectivity index (χ1) is 19.2. The fourth-order valence-corrected chi connectivity index (χ4v) is 5.63. The molecule has 2 aromatic rings. The molecule has 10 nitrogen and oxygen atoms in total. The fourth-order valence-electron chi connectivity index (χ4n) is 5.15. The molecule has 0 saturated carbocycles. The highest BCUT2D eigenvalue weighted by atomic mass is 32.2. The number of H-pyrrole nitrogens is 1. The summed E-state index contributed by atoms with van der Waals surface area (Å²) in [6.07, 6.45) is 6.98. The number of carbonyl (C=O) groups excluding carboxylic acids is 2. The van der Waals surface area contributed by atoms with Crippen LogP contribution in [-0.2, 0) is 22.0 Å². The van der Waals surface area contributed by atoms with E-state index in [4.69, 9.17) is 0 Å². The zero-order chi connectivity index (χ0) is 28.8. The second-order valence-corrected chi connectivity index (χ2v) is 11.6. The Morgan fingerprint density at radius 3 is 2.67 bits per heavy atom. The minimum atomic E-state index is -1.17. The number of hydrogen-bond donors (Lipinski definition) is 3. The average Bonchev–Trinajstić information content (AvgIpc) is 3.28. The number of hydrogen-bond acceptors (Lipinski definition) is 5. The van der Waals surface area contributed by atoms with E-state index in [2.05, 4.69) is 15.6 Å². The number of halogens is 2. The number of imidazole rings is 1. The van der Waals surface area contributed by atoms with E-state index in [1.807, 2.05) is 12.2 Å². The molecule has 0 aliphatic carbocycles. The number of piperidine rings is 1. The Balaban J connectivity index is 1.37. The number of urea groups is 1. The Morgan fingerprint density at radius 1 is 1.23 bits per heavy atom. The van der Waals surface area contributed by atoms with Crippen LogP contribution in [-0.4, -0.2) is 86.3 Å². The number of aromatic nitrogens is 2. The Kier molecular flexibility index (Phi) is 9.77. The first-order valence-corrected chi connectivity index (χ1v) is 15.2. The third-order valence-corrected chi connectivity index (χ3v) is 8.16. The predicted molar refractivity (Wildman–Crippen MR) is 151 cm³/mol.